The van der Waals surface area contributed by atoms with E-state index < -0.39 is 0 Å². The van der Waals surface area contributed by atoms with Gasteiger partial charge in [-0.15, -0.1) is 0 Å². The highest BCUT2D eigenvalue weighted by molar-refractivity contribution is 6.25. The molecule has 8 aromatic carbocycles. The van der Waals surface area contributed by atoms with Gasteiger partial charge in [0.25, 0.3) is 0 Å². The van der Waals surface area contributed by atoms with E-state index in [1.807, 2.05) is 0 Å². The lowest BCUT2D eigenvalue weighted by Crippen LogP contribution is -2.22. The van der Waals surface area contributed by atoms with Crippen LogP contribution in [0.3, 0.4) is 0 Å². The molecule has 2 heteroatoms. The summed E-state index contributed by atoms with van der Waals surface area (Å²) in [5.74, 6) is -0.310. The van der Waals surface area contributed by atoms with E-state index in [0.29, 0.717) is 0 Å². The summed E-state index contributed by atoms with van der Waals surface area (Å²) < 4.78 is 0. The first-order valence-corrected chi connectivity index (χ1v) is 22.7. The monoisotopic (exact) mass is 842 g/mol. The normalized spacial score (nSPS) is 14.8. The summed E-state index contributed by atoms with van der Waals surface area (Å²) >= 11 is 0. The molecule has 0 aliphatic heterocycles. The maximum absolute atomic E-state index is 5.42. The molecule has 0 fully saturated rings. The highest BCUT2D eigenvalue weighted by Gasteiger charge is 2.42. The maximum atomic E-state index is 5.42. The van der Waals surface area contributed by atoms with Crippen molar-refractivity contribution in [3.63, 3.8) is 0 Å². The smallest absolute Gasteiger partial charge is 0.0715 e. The summed E-state index contributed by atoms with van der Waals surface area (Å²) in [6.45, 7) is 0. The number of aromatic nitrogens is 2. The molecule has 0 saturated heterocycles. The van der Waals surface area contributed by atoms with Crippen molar-refractivity contribution in [1.82, 2.24) is 9.97 Å². The predicted octanol–water partition coefficient (Wildman–Crippen LogP) is 16.2. The molecule has 0 N–H and O–H groups in total. The van der Waals surface area contributed by atoms with Gasteiger partial charge in [0.15, 0.2) is 0 Å². The third-order valence-electron chi connectivity index (χ3n) is 12.7. The molecular weight excluding hydrogens is 797 g/mol. The van der Waals surface area contributed by atoms with Crippen LogP contribution in [0, 0.1) is 0 Å². The Hall–Kier alpha value is -8.46. The maximum Gasteiger partial charge on any atom is 0.0715 e. The van der Waals surface area contributed by atoms with Gasteiger partial charge in [-0.1, -0.05) is 243 Å². The number of allylic oxidation sites excluding steroid dienone is 4. The number of benzene rings is 8. The molecule has 0 saturated carbocycles. The van der Waals surface area contributed by atoms with Crippen LogP contribution in [0.5, 0.6) is 0 Å². The molecule has 0 spiro atoms. The lowest BCUT2D eigenvalue weighted by Gasteiger charge is -2.41. The Bertz CT molecular complexity index is 3180. The highest BCUT2D eigenvalue weighted by atomic mass is 14.7. The Morgan fingerprint density at radius 1 is 0.212 bits per heavy atom. The highest BCUT2D eigenvalue weighted by Crippen LogP contribution is 2.61. The summed E-state index contributed by atoms with van der Waals surface area (Å²) in [5, 5.41) is 0. The van der Waals surface area contributed by atoms with E-state index in [2.05, 4.69) is 267 Å². The Kier molecular flexibility index (Phi) is 11.2. The second kappa shape index (κ2) is 18.3. The molecule has 11 rings (SSSR count). The summed E-state index contributed by atoms with van der Waals surface area (Å²) in [7, 11) is 0. The second-order valence-corrected chi connectivity index (χ2v) is 16.8. The molecule has 2 heterocycles. The van der Waals surface area contributed by atoms with Crippen molar-refractivity contribution < 1.29 is 0 Å². The minimum absolute atomic E-state index is 0.144. The van der Waals surface area contributed by atoms with E-state index >= 15 is 0 Å². The van der Waals surface area contributed by atoms with Gasteiger partial charge in [-0.05, 0) is 79.9 Å². The summed E-state index contributed by atoms with van der Waals surface area (Å²) in [6.07, 6.45) is 0. The molecule has 1 aliphatic carbocycles. The zero-order valence-corrected chi connectivity index (χ0v) is 36.5. The molecule has 2 aromatic heterocycles. The molecule has 2 unspecified atom stereocenters. The second-order valence-electron chi connectivity index (χ2n) is 16.8. The first-order chi connectivity index (χ1) is 32.8. The van der Waals surface area contributed by atoms with Gasteiger partial charge < -0.3 is 0 Å². The molecule has 0 amide bonds. The average molecular weight is 843 g/mol. The number of hydrogen-bond acceptors (Lipinski definition) is 2. The zero-order chi connectivity index (χ0) is 44.1. The van der Waals surface area contributed by atoms with Crippen LogP contribution in [-0.2, 0) is 0 Å². The van der Waals surface area contributed by atoms with Crippen molar-refractivity contribution >= 4 is 22.3 Å². The van der Waals surface area contributed by atoms with Crippen molar-refractivity contribution in [3.05, 3.63) is 300 Å². The van der Waals surface area contributed by atoms with Crippen LogP contribution in [0.2, 0.25) is 0 Å². The Morgan fingerprint density at radius 2 is 0.470 bits per heavy atom. The van der Waals surface area contributed by atoms with Crippen LogP contribution in [0.15, 0.2) is 267 Å². The lowest BCUT2D eigenvalue weighted by molar-refractivity contribution is 0.765. The number of hydrogen-bond donors (Lipinski definition) is 0. The molecule has 1 aliphatic rings. The quantitative estimate of drug-likeness (QED) is 0.137. The van der Waals surface area contributed by atoms with Gasteiger partial charge in [0.1, 0.15) is 0 Å². The minimum atomic E-state index is -0.166. The molecule has 0 bridgehead atoms. The largest absolute Gasteiger partial charge is 0.248 e. The van der Waals surface area contributed by atoms with Crippen molar-refractivity contribution in [2.75, 3.05) is 0 Å². The van der Waals surface area contributed by atoms with E-state index in [1.54, 1.807) is 0 Å². The van der Waals surface area contributed by atoms with Crippen LogP contribution in [-0.4, -0.2) is 9.97 Å². The fourth-order valence-corrected chi connectivity index (χ4v) is 9.81. The predicted molar refractivity (Wildman–Crippen MR) is 275 cm³/mol. The zero-order valence-electron chi connectivity index (χ0n) is 36.5. The van der Waals surface area contributed by atoms with Crippen LogP contribution >= 0.6 is 0 Å². The third-order valence-corrected chi connectivity index (χ3v) is 12.7. The molecule has 312 valence electrons. The van der Waals surface area contributed by atoms with Gasteiger partial charge in [-0.3, -0.25) is 0 Å². The summed E-state index contributed by atoms with van der Waals surface area (Å²) in [6, 6.07) is 96.2. The van der Waals surface area contributed by atoms with E-state index in [0.717, 1.165) is 56.2 Å². The van der Waals surface area contributed by atoms with Crippen molar-refractivity contribution in [3.8, 4) is 45.0 Å². The molecule has 2 atom stereocenters. The van der Waals surface area contributed by atoms with Crippen LogP contribution < -0.4 is 0 Å². The van der Waals surface area contributed by atoms with Crippen LogP contribution in [0.1, 0.15) is 45.2 Å². The molecule has 2 nitrogen and oxygen atoms in total. The van der Waals surface area contributed by atoms with Crippen LogP contribution in [0.4, 0.5) is 0 Å². The van der Waals surface area contributed by atoms with E-state index in [-0.39, 0.29) is 11.8 Å². The van der Waals surface area contributed by atoms with Gasteiger partial charge in [-0.25, -0.2) is 9.97 Å². The SMILES string of the molecule is c1ccc(C2=C(c3ccccc3)C(c3cc(-c4ccccc4)nc(-c4ccccc4)c3)C(c3ccccc3)C(c3ccccc3)=C2c2cc(-c3ccccc3)nc(-c3ccccc3)c2)cc1. The van der Waals surface area contributed by atoms with Crippen LogP contribution in [0.25, 0.3) is 67.3 Å². The lowest BCUT2D eigenvalue weighted by atomic mass is 9.61. The van der Waals surface area contributed by atoms with E-state index in [4.69, 9.17) is 9.97 Å². The first-order valence-electron chi connectivity index (χ1n) is 22.7. The number of nitrogens with zero attached hydrogens (tertiary/aromatic N) is 2. The van der Waals surface area contributed by atoms with Crippen molar-refractivity contribution in [2.24, 2.45) is 0 Å². The fraction of sp³-hybridized carbons (Fsp3) is 0.0312. The molecule has 66 heavy (non-hydrogen) atoms. The Balaban J connectivity index is 1.33. The van der Waals surface area contributed by atoms with E-state index in [9.17, 15) is 0 Å². The number of pyridine rings is 2. The van der Waals surface area contributed by atoms with Gasteiger partial charge in [-0.2, -0.15) is 0 Å². The van der Waals surface area contributed by atoms with Gasteiger partial charge in [0.05, 0.1) is 22.8 Å². The van der Waals surface area contributed by atoms with Crippen molar-refractivity contribution in [1.29, 1.82) is 0 Å². The van der Waals surface area contributed by atoms with E-state index in [1.165, 1.54) is 44.5 Å². The summed E-state index contributed by atoms with van der Waals surface area (Å²) in [5.41, 5.74) is 20.0. The molecule has 10 aromatic rings. The molecular formula is C64H46N2. The summed E-state index contributed by atoms with van der Waals surface area (Å²) in [4.78, 5) is 10.8. The van der Waals surface area contributed by atoms with Gasteiger partial charge in [0.2, 0.25) is 0 Å². The van der Waals surface area contributed by atoms with Crippen molar-refractivity contribution in [2.45, 2.75) is 11.8 Å². The van der Waals surface area contributed by atoms with Gasteiger partial charge in [0, 0.05) is 34.1 Å². The minimum Gasteiger partial charge on any atom is -0.248 e. The standard InChI is InChI=1S/C64H46N2/c1-9-25-45(26-10-1)55-41-53(42-56(65-55)46-27-11-2-12-28-46)63-59(49-33-17-5-18-34-49)61(51-37-21-7-22-38-51)64(62(52-39-23-8-24-40-52)60(63)50-35-19-6-20-36-50)54-43-57(47-29-13-3-14-30-47)66-58(44-54)48-31-15-4-16-32-48/h1-44,59,63H. The third kappa shape index (κ3) is 8.02. The first kappa shape index (κ1) is 40.3. The average Bonchev–Trinajstić information content (AvgIpc) is 3.41. The topological polar surface area (TPSA) is 25.8 Å². The van der Waals surface area contributed by atoms with Gasteiger partial charge >= 0.3 is 0 Å². The number of rotatable bonds is 10. The Morgan fingerprint density at radius 3 is 0.818 bits per heavy atom. The molecule has 0 radical (unpaired) electrons. The Labute approximate surface area is 387 Å². The fourth-order valence-electron chi connectivity index (χ4n) is 9.81.